The van der Waals surface area contributed by atoms with Gasteiger partial charge in [-0.3, -0.25) is 9.78 Å². The highest BCUT2D eigenvalue weighted by atomic mass is 16.2. The molecule has 0 unspecified atom stereocenters. The van der Waals surface area contributed by atoms with Crippen molar-refractivity contribution in [1.82, 2.24) is 4.98 Å². The number of carbonyl (C=O) groups is 1. The van der Waals surface area contributed by atoms with Gasteiger partial charge >= 0.3 is 0 Å². The molecule has 0 aliphatic heterocycles. The van der Waals surface area contributed by atoms with Crippen molar-refractivity contribution in [2.45, 2.75) is 26.2 Å². The van der Waals surface area contributed by atoms with Gasteiger partial charge in [0.1, 0.15) is 0 Å². The van der Waals surface area contributed by atoms with Crippen LogP contribution in [0.4, 0.5) is 5.69 Å². The third-order valence-electron chi connectivity index (χ3n) is 3.67. The Morgan fingerprint density at radius 3 is 2.80 bits per heavy atom. The van der Waals surface area contributed by atoms with E-state index in [0.29, 0.717) is 0 Å². The molecule has 1 amide bonds. The number of rotatable bonds is 4. The van der Waals surface area contributed by atoms with Crippen LogP contribution in [0.15, 0.2) is 42.6 Å². The van der Waals surface area contributed by atoms with Crippen LogP contribution in [0.2, 0.25) is 0 Å². The van der Waals surface area contributed by atoms with Crippen molar-refractivity contribution in [3.8, 4) is 11.3 Å². The number of nitrogens with zero attached hydrogens (tertiary/aromatic N) is 1. The molecular formula is C17H18N2O. The quantitative estimate of drug-likeness (QED) is 0.917. The molecule has 1 aliphatic carbocycles. The van der Waals surface area contributed by atoms with Gasteiger partial charge in [-0.25, -0.2) is 0 Å². The monoisotopic (exact) mass is 266 g/mol. The number of aryl methyl sites for hydroxylation is 1. The van der Waals surface area contributed by atoms with Crippen molar-refractivity contribution in [3.05, 3.63) is 48.2 Å². The number of benzene rings is 1. The molecule has 1 fully saturated rings. The predicted octanol–water partition coefficient (Wildman–Crippen LogP) is 3.66. The van der Waals surface area contributed by atoms with E-state index in [-0.39, 0.29) is 11.8 Å². The Kier molecular flexibility index (Phi) is 3.50. The lowest BCUT2D eigenvalue weighted by Crippen LogP contribution is -2.14. The summed E-state index contributed by atoms with van der Waals surface area (Å²) < 4.78 is 0. The minimum absolute atomic E-state index is 0.119. The van der Waals surface area contributed by atoms with E-state index in [4.69, 9.17) is 0 Å². The Bertz CT molecular complexity index is 632. The Morgan fingerprint density at radius 1 is 1.25 bits per heavy atom. The molecule has 3 heteroatoms. The van der Waals surface area contributed by atoms with Crippen molar-refractivity contribution < 1.29 is 4.79 Å². The van der Waals surface area contributed by atoms with E-state index in [0.717, 1.165) is 36.2 Å². The Balaban J connectivity index is 1.98. The first kappa shape index (κ1) is 12.9. The van der Waals surface area contributed by atoms with Crippen molar-refractivity contribution in [2.24, 2.45) is 5.92 Å². The number of anilines is 1. The summed E-state index contributed by atoms with van der Waals surface area (Å²) in [5, 5.41) is 3.02. The first-order chi connectivity index (χ1) is 9.79. The SMILES string of the molecule is CCc1ccccc1-c1ncccc1NC(=O)C1CC1. The Hall–Kier alpha value is -2.16. The maximum atomic E-state index is 12.0. The molecule has 0 radical (unpaired) electrons. The van der Waals surface area contributed by atoms with Crippen LogP contribution in [-0.4, -0.2) is 10.9 Å². The molecule has 1 aromatic carbocycles. The third-order valence-corrected chi connectivity index (χ3v) is 3.67. The maximum Gasteiger partial charge on any atom is 0.227 e. The summed E-state index contributed by atoms with van der Waals surface area (Å²) in [4.78, 5) is 16.4. The minimum atomic E-state index is 0.119. The normalized spacial score (nSPS) is 14.1. The smallest absolute Gasteiger partial charge is 0.227 e. The standard InChI is InChI=1S/C17H18N2O/c1-2-12-6-3-4-7-14(12)16-15(8-5-11-18-16)19-17(20)13-9-10-13/h3-8,11,13H,2,9-10H2,1H3,(H,19,20). The molecule has 1 aliphatic rings. The van der Waals surface area contributed by atoms with E-state index in [1.165, 1.54) is 5.56 Å². The van der Waals surface area contributed by atoms with Crippen LogP contribution in [-0.2, 0) is 11.2 Å². The van der Waals surface area contributed by atoms with E-state index in [1.54, 1.807) is 6.20 Å². The van der Waals surface area contributed by atoms with Gasteiger partial charge < -0.3 is 5.32 Å². The molecule has 0 spiro atoms. The van der Waals surface area contributed by atoms with E-state index in [2.05, 4.69) is 29.4 Å². The van der Waals surface area contributed by atoms with E-state index >= 15 is 0 Å². The number of pyridine rings is 1. The van der Waals surface area contributed by atoms with Gasteiger partial charge in [0.05, 0.1) is 11.4 Å². The maximum absolute atomic E-state index is 12.0. The average Bonchev–Trinajstić information content (AvgIpc) is 3.32. The molecule has 1 heterocycles. The number of amides is 1. The molecule has 0 saturated heterocycles. The summed E-state index contributed by atoms with van der Waals surface area (Å²) in [5.41, 5.74) is 4.01. The summed E-state index contributed by atoms with van der Waals surface area (Å²) in [6.45, 7) is 2.13. The van der Waals surface area contributed by atoms with Crippen molar-refractivity contribution in [2.75, 3.05) is 5.32 Å². The van der Waals surface area contributed by atoms with E-state index < -0.39 is 0 Å². The second-order valence-corrected chi connectivity index (χ2v) is 5.17. The second kappa shape index (κ2) is 5.45. The van der Waals surface area contributed by atoms with Crippen LogP contribution in [0.1, 0.15) is 25.3 Å². The second-order valence-electron chi connectivity index (χ2n) is 5.17. The zero-order chi connectivity index (χ0) is 13.9. The number of nitrogens with one attached hydrogen (secondary N) is 1. The Labute approximate surface area is 119 Å². The summed E-state index contributed by atoms with van der Waals surface area (Å²) in [6, 6.07) is 12.0. The molecule has 1 N–H and O–H groups in total. The molecule has 0 atom stereocenters. The molecular weight excluding hydrogens is 248 g/mol. The van der Waals surface area contributed by atoms with Gasteiger partial charge in [0.2, 0.25) is 5.91 Å². The predicted molar refractivity (Wildman–Crippen MR) is 80.4 cm³/mol. The van der Waals surface area contributed by atoms with Crippen molar-refractivity contribution in [3.63, 3.8) is 0 Å². The fraction of sp³-hybridized carbons (Fsp3) is 0.294. The topological polar surface area (TPSA) is 42.0 Å². The molecule has 1 aromatic heterocycles. The zero-order valence-electron chi connectivity index (χ0n) is 11.6. The van der Waals surface area contributed by atoms with Gasteiger partial charge in [-0.05, 0) is 37.0 Å². The Morgan fingerprint density at radius 2 is 2.05 bits per heavy atom. The first-order valence-corrected chi connectivity index (χ1v) is 7.13. The number of hydrogen-bond donors (Lipinski definition) is 1. The van der Waals surface area contributed by atoms with Crippen LogP contribution in [0.5, 0.6) is 0 Å². The van der Waals surface area contributed by atoms with Crippen LogP contribution >= 0.6 is 0 Å². The summed E-state index contributed by atoms with van der Waals surface area (Å²) in [6.07, 6.45) is 4.73. The third kappa shape index (κ3) is 2.57. The lowest BCUT2D eigenvalue weighted by Gasteiger charge is -2.12. The van der Waals surface area contributed by atoms with Crippen LogP contribution in [0.3, 0.4) is 0 Å². The number of aromatic nitrogens is 1. The first-order valence-electron chi connectivity index (χ1n) is 7.13. The van der Waals surface area contributed by atoms with Gasteiger partial charge in [0, 0.05) is 17.7 Å². The average molecular weight is 266 g/mol. The van der Waals surface area contributed by atoms with Crippen molar-refractivity contribution in [1.29, 1.82) is 0 Å². The highest BCUT2D eigenvalue weighted by molar-refractivity contribution is 5.97. The fourth-order valence-corrected chi connectivity index (χ4v) is 2.36. The number of carbonyl (C=O) groups excluding carboxylic acids is 1. The zero-order valence-corrected chi connectivity index (χ0v) is 11.6. The molecule has 3 nitrogen and oxygen atoms in total. The molecule has 1 saturated carbocycles. The van der Waals surface area contributed by atoms with Crippen molar-refractivity contribution >= 4 is 11.6 Å². The fourth-order valence-electron chi connectivity index (χ4n) is 2.36. The van der Waals surface area contributed by atoms with Crippen LogP contribution in [0, 0.1) is 5.92 Å². The molecule has 20 heavy (non-hydrogen) atoms. The van der Waals surface area contributed by atoms with Crippen LogP contribution < -0.4 is 5.32 Å². The minimum Gasteiger partial charge on any atom is -0.324 e. The van der Waals surface area contributed by atoms with E-state index in [9.17, 15) is 4.79 Å². The summed E-state index contributed by atoms with van der Waals surface area (Å²) in [5.74, 6) is 0.317. The summed E-state index contributed by atoms with van der Waals surface area (Å²) >= 11 is 0. The molecule has 2 aromatic rings. The lowest BCUT2D eigenvalue weighted by atomic mass is 10.0. The summed E-state index contributed by atoms with van der Waals surface area (Å²) in [7, 11) is 0. The van der Waals surface area contributed by atoms with Crippen LogP contribution in [0.25, 0.3) is 11.3 Å². The van der Waals surface area contributed by atoms with Gasteiger partial charge in [0.25, 0.3) is 0 Å². The van der Waals surface area contributed by atoms with Gasteiger partial charge in [-0.1, -0.05) is 31.2 Å². The molecule has 0 bridgehead atoms. The molecule has 102 valence electrons. The van der Waals surface area contributed by atoms with Gasteiger partial charge in [-0.2, -0.15) is 0 Å². The lowest BCUT2D eigenvalue weighted by molar-refractivity contribution is -0.117. The van der Waals surface area contributed by atoms with Gasteiger partial charge in [-0.15, -0.1) is 0 Å². The largest absolute Gasteiger partial charge is 0.324 e. The number of hydrogen-bond acceptors (Lipinski definition) is 2. The van der Waals surface area contributed by atoms with Gasteiger partial charge in [0.15, 0.2) is 0 Å². The highest BCUT2D eigenvalue weighted by Gasteiger charge is 2.30. The molecule has 3 rings (SSSR count). The highest BCUT2D eigenvalue weighted by Crippen LogP contribution is 2.33. The van der Waals surface area contributed by atoms with E-state index in [1.807, 2.05) is 24.3 Å².